The highest BCUT2D eigenvalue weighted by atomic mass is 32.2. The number of aromatic nitrogens is 3. The van der Waals surface area contributed by atoms with Crippen LogP contribution in [0, 0.1) is 6.92 Å². The minimum atomic E-state index is 0.511. The maximum absolute atomic E-state index is 5.28. The first kappa shape index (κ1) is 12.8. The third-order valence-electron chi connectivity index (χ3n) is 3.66. The maximum Gasteiger partial charge on any atom is 0.229 e. The van der Waals surface area contributed by atoms with Gasteiger partial charge in [0.05, 0.1) is 16.3 Å². The molecular weight excluding hydrogens is 282 g/mol. The molecule has 4 rings (SSSR count). The van der Waals surface area contributed by atoms with Gasteiger partial charge in [-0.2, -0.15) is 4.98 Å². The molecule has 106 valence electrons. The zero-order valence-electron chi connectivity index (χ0n) is 11.7. The van der Waals surface area contributed by atoms with Crippen LogP contribution in [0.2, 0.25) is 0 Å². The van der Waals surface area contributed by atoms with E-state index in [1.807, 2.05) is 18.2 Å². The van der Waals surface area contributed by atoms with E-state index in [0.717, 1.165) is 22.3 Å². The first-order chi connectivity index (χ1) is 10.3. The number of benzene rings is 1. The Morgan fingerprint density at radius 3 is 2.95 bits per heavy atom. The fourth-order valence-corrected chi connectivity index (χ4v) is 3.17. The predicted octanol–water partition coefficient (Wildman–Crippen LogP) is 4.10. The van der Waals surface area contributed by atoms with E-state index >= 15 is 0 Å². The van der Waals surface area contributed by atoms with Crippen LogP contribution in [0.4, 0.5) is 0 Å². The van der Waals surface area contributed by atoms with E-state index in [1.165, 1.54) is 23.8 Å². The summed E-state index contributed by atoms with van der Waals surface area (Å²) in [5, 5.41) is 6.25. The lowest BCUT2D eigenvalue weighted by molar-refractivity contribution is 0.375. The van der Waals surface area contributed by atoms with Crippen LogP contribution in [0.15, 0.2) is 39.9 Å². The second-order valence-corrected chi connectivity index (χ2v) is 6.40. The Kier molecular flexibility index (Phi) is 3.15. The third-order valence-corrected chi connectivity index (χ3v) is 4.57. The van der Waals surface area contributed by atoms with Crippen LogP contribution in [-0.2, 0) is 5.75 Å². The van der Waals surface area contributed by atoms with Gasteiger partial charge in [0.1, 0.15) is 0 Å². The Balaban J connectivity index is 1.53. The summed E-state index contributed by atoms with van der Waals surface area (Å²) in [6, 6.07) is 10.3. The van der Waals surface area contributed by atoms with Crippen molar-refractivity contribution in [2.45, 2.75) is 36.5 Å². The molecule has 0 spiro atoms. The normalized spacial score (nSPS) is 14.7. The van der Waals surface area contributed by atoms with E-state index in [1.54, 1.807) is 11.8 Å². The second-order valence-electron chi connectivity index (χ2n) is 5.41. The van der Waals surface area contributed by atoms with Gasteiger partial charge in [0.2, 0.25) is 5.89 Å². The van der Waals surface area contributed by atoms with Crippen molar-refractivity contribution in [2.24, 2.45) is 0 Å². The summed E-state index contributed by atoms with van der Waals surface area (Å²) in [7, 11) is 0. The van der Waals surface area contributed by atoms with Crippen LogP contribution in [0.5, 0.6) is 0 Å². The fourth-order valence-electron chi connectivity index (χ4n) is 2.35. The molecule has 2 heterocycles. The first-order valence-electron chi connectivity index (χ1n) is 7.11. The molecule has 1 aliphatic rings. The maximum atomic E-state index is 5.28. The standard InChI is InChI=1S/C16H15N3OS/c1-10-8-15(17-13-5-3-2-4-12(10)13)21-9-14-18-16(20-19-14)11-6-7-11/h2-5,8,11H,6-7,9H2,1H3. The Bertz CT molecular complexity index is 795. The first-order valence-corrected chi connectivity index (χ1v) is 8.10. The number of nitrogens with zero attached hydrogens (tertiary/aromatic N) is 3. The molecule has 1 saturated carbocycles. The molecule has 21 heavy (non-hydrogen) atoms. The van der Waals surface area contributed by atoms with Crippen LogP contribution >= 0.6 is 11.8 Å². The number of aryl methyl sites for hydroxylation is 1. The minimum absolute atomic E-state index is 0.511. The van der Waals surface area contributed by atoms with Crippen molar-refractivity contribution >= 4 is 22.7 Å². The molecule has 0 saturated heterocycles. The number of para-hydroxylation sites is 1. The zero-order valence-corrected chi connectivity index (χ0v) is 12.6. The topological polar surface area (TPSA) is 51.8 Å². The van der Waals surface area contributed by atoms with E-state index in [0.29, 0.717) is 11.7 Å². The highest BCUT2D eigenvalue weighted by molar-refractivity contribution is 7.98. The lowest BCUT2D eigenvalue weighted by Gasteiger charge is -2.04. The van der Waals surface area contributed by atoms with Gasteiger partial charge in [0.25, 0.3) is 0 Å². The zero-order chi connectivity index (χ0) is 14.2. The average molecular weight is 297 g/mol. The Hall–Kier alpha value is -1.88. The number of rotatable bonds is 4. The smallest absolute Gasteiger partial charge is 0.229 e. The molecule has 0 radical (unpaired) electrons. The highest BCUT2D eigenvalue weighted by Crippen LogP contribution is 2.39. The summed E-state index contributed by atoms with van der Waals surface area (Å²) in [6.45, 7) is 2.12. The monoisotopic (exact) mass is 297 g/mol. The molecule has 0 aliphatic heterocycles. The molecule has 1 aromatic carbocycles. The largest absolute Gasteiger partial charge is 0.339 e. The van der Waals surface area contributed by atoms with Gasteiger partial charge in [-0.3, -0.25) is 0 Å². The molecular formula is C16H15N3OS. The van der Waals surface area contributed by atoms with Gasteiger partial charge >= 0.3 is 0 Å². The number of hydrogen-bond acceptors (Lipinski definition) is 5. The van der Waals surface area contributed by atoms with Crippen molar-refractivity contribution in [1.82, 2.24) is 15.1 Å². The van der Waals surface area contributed by atoms with Crippen LogP contribution in [0.3, 0.4) is 0 Å². The molecule has 1 aliphatic carbocycles. The van der Waals surface area contributed by atoms with E-state index in [-0.39, 0.29) is 0 Å². The summed E-state index contributed by atoms with van der Waals surface area (Å²) in [5.41, 5.74) is 2.28. The number of pyridine rings is 1. The van der Waals surface area contributed by atoms with Crippen molar-refractivity contribution in [3.05, 3.63) is 47.6 Å². The lowest BCUT2D eigenvalue weighted by atomic mass is 10.1. The molecule has 0 atom stereocenters. The Morgan fingerprint density at radius 1 is 1.24 bits per heavy atom. The molecule has 3 aromatic rings. The summed E-state index contributed by atoms with van der Waals surface area (Å²) in [6.07, 6.45) is 2.36. The van der Waals surface area contributed by atoms with E-state index < -0.39 is 0 Å². The van der Waals surface area contributed by atoms with Crippen LogP contribution in [-0.4, -0.2) is 15.1 Å². The Morgan fingerprint density at radius 2 is 2.10 bits per heavy atom. The van der Waals surface area contributed by atoms with Crippen LogP contribution in [0.25, 0.3) is 10.9 Å². The predicted molar refractivity (Wildman–Crippen MR) is 82.3 cm³/mol. The van der Waals surface area contributed by atoms with Crippen molar-refractivity contribution in [2.75, 3.05) is 0 Å². The van der Waals surface area contributed by atoms with Crippen molar-refractivity contribution in [3.8, 4) is 0 Å². The molecule has 1 fully saturated rings. The molecule has 0 N–H and O–H groups in total. The molecule has 0 amide bonds. The third kappa shape index (κ3) is 2.65. The molecule has 2 aromatic heterocycles. The van der Waals surface area contributed by atoms with E-state index in [4.69, 9.17) is 4.52 Å². The Labute approximate surface area is 127 Å². The number of fused-ring (bicyclic) bond motifs is 1. The van der Waals surface area contributed by atoms with Gasteiger partial charge in [-0.25, -0.2) is 4.98 Å². The molecule has 5 heteroatoms. The van der Waals surface area contributed by atoms with Crippen LogP contribution in [0.1, 0.15) is 36.0 Å². The van der Waals surface area contributed by atoms with Crippen molar-refractivity contribution in [3.63, 3.8) is 0 Å². The second kappa shape index (κ2) is 5.15. The molecule has 0 bridgehead atoms. The van der Waals surface area contributed by atoms with Crippen molar-refractivity contribution in [1.29, 1.82) is 0 Å². The summed E-state index contributed by atoms with van der Waals surface area (Å²) in [5.74, 6) is 2.76. The summed E-state index contributed by atoms with van der Waals surface area (Å²) < 4.78 is 5.28. The molecule has 4 nitrogen and oxygen atoms in total. The van der Waals surface area contributed by atoms with Crippen molar-refractivity contribution < 1.29 is 4.52 Å². The minimum Gasteiger partial charge on any atom is -0.339 e. The average Bonchev–Trinajstić information content (AvgIpc) is 3.24. The van der Waals surface area contributed by atoms with E-state index in [9.17, 15) is 0 Å². The summed E-state index contributed by atoms with van der Waals surface area (Å²) in [4.78, 5) is 9.13. The van der Waals surface area contributed by atoms with Crippen LogP contribution < -0.4 is 0 Å². The van der Waals surface area contributed by atoms with Gasteiger partial charge in [0, 0.05) is 11.3 Å². The number of hydrogen-bond donors (Lipinski definition) is 0. The lowest BCUT2D eigenvalue weighted by Crippen LogP contribution is -1.89. The fraction of sp³-hybridized carbons (Fsp3) is 0.312. The van der Waals surface area contributed by atoms with Gasteiger partial charge in [-0.1, -0.05) is 35.1 Å². The van der Waals surface area contributed by atoms with Gasteiger partial charge in [0.15, 0.2) is 5.82 Å². The molecule has 0 unspecified atom stereocenters. The van der Waals surface area contributed by atoms with Gasteiger partial charge in [-0.15, -0.1) is 0 Å². The highest BCUT2D eigenvalue weighted by Gasteiger charge is 2.29. The quantitative estimate of drug-likeness (QED) is 0.679. The number of thioether (sulfide) groups is 1. The van der Waals surface area contributed by atoms with E-state index in [2.05, 4.69) is 34.2 Å². The van der Waals surface area contributed by atoms with Gasteiger partial charge in [-0.05, 0) is 37.5 Å². The SMILES string of the molecule is Cc1cc(SCc2noc(C3CC3)n2)nc2ccccc12. The van der Waals surface area contributed by atoms with Gasteiger partial charge < -0.3 is 4.52 Å². The summed E-state index contributed by atoms with van der Waals surface area (Å²) >= 11 is 1.65.